The Morgan fingerprint density at radius 1 is 1.12 bits per heavy atom. The Morgan fingerprint density at radius 2 is 1.88 bits per heavy atom. The second kappa shape index (κ2) is 8.00. The number of carbonyl (C=O) groups excluding carboxylic acids is 1. The number of benzene rings is 2. The fourth-order valence-corrected chi connectivity index (χ4v) is 2.98. The van der Waals surface area contributed by atoms with E-state index >= 15 is 0 Å². The second-order valence-electron chi connectivity index (χ2n) is 6.45. The largest absolute Gasteiger partial charge is 0.496 e. The molecule has 2 aromatic rings. The van der Waals surface area contributed by atoms with Gasteiger partial charge in [-0.05, 0) is 54.7 Å². The molecule has 0 saturated carbocycles. The molecule has 0 aliphatic carbocycles. The lowest BCUT2D eigenvalue weighted by molar-refractivity contribution is -0.115. The van der Waals surface area contributed by atoms with Gasteiger partial charge in [0.15, 0.2) is 0 Å². The number of aryl methyl sites for hydroxylation is 3. The molecular weight excluding hydrogens is 324 g/mol. The van der Waals surface area contributed by atoms with Crippen LogP contribution in [-0.4, -0.2) is 18.9 Å². The molecule has 0 aromatic heterocycles. The van der Waals surface area contributed by atoms with Gasteiger partial charge in [-0.3, -0.25) is 4.79 Å². The molecule has 0 bridgehead atoms. The van der Waals surface area contributed by atoms with Crippen molar-refractivity contribution in [1.29, 1.82) is 0 Å². The third kappa shape index (κ3) is 4.20. The van der Waals surface area contributed by atoms with Crippen LogP contribution in [0.25, 0.3) is 6.08 Å². The van der Waals surface area contributed by atoms with Crippen LogP contribution in [0.4, 0.5) is 0 Å². The number of amidine groups is 1. The first-order chi connectivity index (χ1) is 12.6. The molecule has 26 heavy (non-hydrogen) atoms. The second-order valence-corrected chi connectivity index (χ2v) is 6.45. The van der Waals surface area contributed by atoms with E-state index in [9.17, 15) is 4.79 Å². The van der Waals surface area contributed by atoms with Crippen LogP contribution in [0.1, 0.15) is 35.6 Å². The normalized spacial score (nSPS) is 15.1. The van der Waals surface area contributed by atoms with E-state index in [4.69, 9.17) is 4.74 Å². The van der Waals surface area contributed by atoms with Crippen molar-refractivity contribution in [3.8, 4) is 5.75 Å². The number of nitrogens with one attached hydrogen (secondary N) is 1. The van der Waals surface area contributed by atoms with Crippen LogP contribution in [0.5, 0.6) is 5.75 Å². The number of carbonyl (C=O) groups is 1. The summed E-state index contributed by atoms with van der Waals surface area (Å²) in [5, 5.41) is 2.88. The Labute approximate surface area is 154 Å². The fraction of sp³-hybridized carbons (Fsp3) is 0.273. The summed E-state index contributed by atoms with van der Waals surface area (Å²) in [6.45, 7) is 4.16. The molecule has 0 spiro atoms. The van der Waals surface area contributed by atoms with Gasteiger partial charge < -0.3 is 10.1 Å². The lowest BCUT2D eigenvalue weighted by Crippen LogP contribution is -2.24. The van der Waals surface area contributed by atoms with Crippen LogP contribution >= 0.6 is 0 Å². The van der Waals surface area contributed by atoms with E-state index in [2.05, 4.69) is 48.4 Å². The van der Waals surface area contributed by atoms with Crippen LogP contribution < -0.4 is 10.1 Å². The number of nitrogens with zero attached hydrogens (tertiary/aromatic N) is 1. The highest BCUT2D eigenvalue weighted by atomic mass is 16.5. The fourth-order valence-electron chi connectivity index (χ4n) is 2.98. The molecule has 1 aliphatic heterocycles. The van der Waals surface area contributed by atoms with E-state index in [1.54, 1.807) is 7.11 Å². The van der Waals surface area contributed by atoms with Gasteiger partial charge in [0.1, 0.15) is 17.3 Å². The predicted molar refractivity (Wildman–Crippen MR) is 105 cm³/mol. The molecular formula is C22H24N2O2. The van der Waals surface area contributed by atoms with Crippen LogP contribution in [-0.2, 0) is 17.6 Å². The van der Waals surface area contributed by atoms with Crippen molar-refractivity contribution in [2.75, 3.05) is 7.11 Å². The summed E-state index contributed by atoms with van der Waals surface area (Å²) >= 11 is 0. The highest BCUT2D eigenvalue weighted by Gasteiger charge is 2.19. The molecule has 1 aliphatic rings. The molecule has 0 unspecified atom stereocenters. The Balaban J connectivity index is 1.72. The quantitative estimate of drug-likeness (QED) is 0.800. The molecule has 4 nitrogen and oxygen atoms in total. The van der Waals surface area contributed by atoms with Gasteiger partial charge >= 0.3 is 0 Å². The number of hydrogen-bond donors (Lipinski definition) is 1. The van der Waals surface area contributed by atoms with Crippen molar-refractivity contribution in [2.45, 2.75) is 33.1 Å². The molecule has 1 heterocycles. The lowest BCUT2D eigenvalue weighted by Gasteiger charge is -2.07. The maximum atomic E-state index is 12.2. The lowest BCUT2D eigenvalue weighted by atomic mass is 10.1. The van der Waals surface area contributed by atoms with E-state index in [1.165, 1.54) is 11.1 Å². The van der Waals surface area contributed by atoms with Crippen LogP contribution in [0.15, 0.2) is 53.2 Å². The van der Waals surface area contributed by atoms with Gasteiger partial charge in [0.2, 0.25) is 0 Å². The molecule has 0 fully saturated rings. The average molecular weight is 348 g/mol. The first-order valence-corrected chi connectivity index (χ1v) is 8.92. The van der Waals surface area contributed by atoms with Gasteiger partial charge in [-0.2, -0.15) is 0 Å². The zero-order valence-corrected chi connectivity index (χ0v) is 15.5. The Morgan fingerprint density at radius 3 is 2.58 bits per heavy atom. The summed E-state index contributed by atoms with van der Waals surface area (Å²) in [6.07, 6.45) is 4.27. The van der Waals surface area contributed by atoms with E-state index in [0.29, 0.717) is 5.70 Å². The number of methoxy groups -OCH3 is 1. The average Bonchev–Trinajstić information content (AvgIpc) is 3.00. The first kappa shape index (κ1) is 17.9. The van der Waals surface area contributed by atoms with Gasteiger partial charge in [-0.15, -0.1) is 0 Å². The van der Waals surface area contributed by atoms with Crippen LogP contribution in [0.3, 0.4) is 0 Å². The van der Waals surface area contributed by atoms with Crippen molar-refractivity contribution in [3.05, 3.63) is 70.4 Å². The third-order valence-corrected chi connectivity index (χ3v) is 4.51. The van der Waals surface area contributed by atoms with Crippen molar-refractivity contribution in [3.63, 3.8) is 0 Å². The molecule has 4 heteroatoms. The minimum atomic E-state index is -0.141. The Hall–Kier alpha value is -2.88. The summed E-state index contributed by atoms with van der Waals surface area (Å²) in [4.78, 5) is 16.7. The standard InChI is InChI=1S/C22H24N2O2/c1-4-18-13-17(9-11-20(18)26-3)14-19-22(25)24-21(23-19)12-10-16-7-5-15(2)6-8-16/h5-9,11,13-14H,4,10,12H2,1-3H3,(H,23,24,25)/b19-14+. The third-order valence-electron chi connectivity index (χ3n) is 4.51. The maximum absolute atomic E-state index is 12.2. The van der Waals surface area contributed by atoms with Crippen molar-refractivity contribution in [2.24, 2.45) is 4.99 Å². The van der Waals surface area contributed by atoms with Gasteiger partial charge in [0.05, 0.1) is 7.11 Å². The number of ether oxygens (including phenoxy) is 1. The topological polar surface area (TPSA) is 50.7 Å². The zero-order valence-electron chi connectivity index (χ0n) is 15.5. The maximum Gasteiger partial charge on any atom is 0.275 e. The van der Waals surface area contributed by atoms with Crippen LogP contribution in [0, 0.1) is 6.92 Å². The van der Waals surface area contributed by atoms with Crippen LogP contribution in [0.2, 0.25) is 0 Å². The number of amides is 1. The zero-order chi connectivity index (χ0) is 18.5. The number of aliphatic imine (C=N–C) groups is 1. The predicted octanol–water partition coefficient (Wildman–Crippen LogP) is 4.07. The van der Waals surface area contributed by atoms with Crippen molar-refractivity contribution in [1.82, 2.24) is 5.32 Å². The van der Waals surface area contributed by atoms with Gasteiger partial charge in [-0.1, -0.05) is 42.8 Å². The van der Waals surface area contributed by atoms with E-state index in [0.717, 1.165) is 42.0 Å². The van der Waals surface area contributed by atoms with Gasteiger partial charge in [-0.25, -0.2) is 4.99 Å². The molecule has 0 radical (unpaired) electrons. The molecule has 1 N–H and O–H groups in total. The summed E-state index contributed by atoms with van der Waals surface area (Å²) in [5.41, 5.74) is 5.01. The minimum absolute atomic E-state index is 0.141. The number of rotatable bonds is 6. The molecule has 0 saturated heterocycles. The van der Waals surface area contributed by atoms with E-state index in [-0.39, 0.29) is 5.91 Å². The summed E-state index contributed by atoms with van der Waals surface area (Å²) < 4.78 is 5.35. The van der Waals surface area contributed by atoms with Gasteiger partial charge in [0, 0.05) is 6.42 Å². The smallest absolute Gasteiger partial charge is 0.275 e. The van der Waals surface area contributed by atoms with E-state index in [1.807, 2.05) is 24.3 Å². The first-order valence-electron chi connectivity index (χ1n) is 8.92. The minimum Gasteiger partial charge on any atom is -0.496 e. The Kier molecular flexibility index (Phi) is 5.52. The summed E-state index contributed by atoms with van der Waals surface area (Å²) in [5.74, 6) is 1.46. The molecule has 1 amide bonds. The summed E-state index contributed by atoms with van der Waals surface area (Å²) in [6, 6.07) is 14.4. The van der Waals surface area contributed by atoms with E-state index < -0.39 is 0 Å². The summed E-state index contributed by atoms with van der Waals surface area (Å²) in [7, 11) is 1.67. The molecule has 134 valence electrons. The monoisotopic (exact) mass is 348 g/mol. The Bertz CT molecular complexity index is 864. The highest BCUT2D eigenvalue weighted by molar-refractivity contribution is 6.14. The SMILES string of the molecule is CCc1cc(/C=C2/N=C(CCc3ccc(C)cc3)NC2=O)ccc1OC. The molecule has 3 rings (SSSR count). The highest BCUT2D eigenvalue weighted by Crippen LogP contribution is 2.22. The number of hydrogen-bond acceptors (Lipinski definition) is 3. The van der Waals surface area contributed by atoms with Crippen molar-refractivity contribution >= 4 is 17.8 Å². The molecule has 2 aromatic carbocycles. The van der Waals surface area contributed by atoms with Gasteiger partial charge in [0.25, 0.3) is 5.91 Å². The van der Waals surface area contributed by atoms with Crippen molar-refractivity contribution < 1.29 is 9.53 Å². The molecule has 0 atom stereocenters.